The Balaban J connectivity index is 2.25. The van der Waals surface area contributed by atoms with Crippen molar-refractivity contribution in [2.45, 2.75) is 64.3 Å². The van der Waals surface area contributed by atoms with E-state index < -0.39 is 11.5 Å². The van der Waals surface area contributed by atoms with Crippen molar-refractivity contribution in [3.8, 4) is 0 Å². The highest BCUT2D eigenvalue weighted by molar-refractivity contribution is 5.82. The Bertz CT molecular complexity index is 484. The minimum Gasteiger partial charge on any atom is -0.480 e. The van der Waals surface area contributed by atoms with E-state index in [1.54, 1.807) is 0 Å². The van der Waals surface area contributed by atoms with Crippen molar-refractivity contribution in [3.63, 3.8) is 0 Å². The molecule has 2 N–H and O–H groups in total. The molecule has 0 aliphatic heterocycles. The first-order chi connectivity index (χ1) is 9.61. The predicted octanol–water partition coefficient (Wildman–Crippen LogP) is 2.20. The molecular formula is C14H22N4O2. The summed E-state index contributed by atoms with van der Waals surface area (Å²) in [5.41, 5.74) is 0.839. The fraction of sp³-hybridized carbons (Fsp3) is 0.714. The van der Waals surface area contributed by atoms with E-state index in [9.17, 15) is 9.90 Å². The monoisotopic (exact) mass is 278 g/mol. The molecule has 1 heterocycles. The van der Waals surface area contributed by atoms with Gasteiger partial charge in [-0.05, 0) is 25.7 Å². The van der Waals surface area contributed by atoms with Gasteiger partial charge in [-0.2, -0.15) is 5.10 Å². The SMILES string of the molecule is CCc1nnc(NC2(C(=O)O)CCCCC2)nc1CC. The van der Waals surface area contributed by atoms with Crippen LogP contribution in [0.4, 0.5) is 5.95 Å². The van der Waals surface area contributed by atoms with E-state index in [4.69, 9.17) is 0 Å². The molecule has 0 amide bonds. The predicted molar refractivity (Wildman–Crippen MR) is 75.7 cm³/mol. The van der Waals surface area contributed by atoms with Gasteiger partial charge in [0.15, 0.2) is 0 Å². The fourth-order valence-electron chi connectivity index (χ4n) is 2.75. The van der Waals surface area contributed by atoms with Gasteiger partial charge in [-0.3, -0.25) is 0 Å². The lowest BCUT2D eigenvalue weighted by molar-refractivity contribution is -0.143. The summed E-state index contributed by atoms with van der Waals surface area (Å²) in [6, 6.07) is 0. The van der Waals surface area contributed by atoms with Crippen molar-refractivity contribution >= 4 is 11.9 Å². The van der Waals surface area contributed by atoms with Crippen LogP contribution in [0.25, 0.3) is 0 Å². The highest BCUT2D eigenvalue weighted by Gasteiger charge is 2.40. The van der Waals surface area contributed by atoms with Gasteiger partial charge >= 0.3 is 5.97 Å². The van der Waals surface area contributed by atoms with Crippen LogP contribution in [-0.2, 0) is 17.6 Å². The van der Waals surface area contributed by atoms with Gasteiger partial charge in [0.2, 0.25) is 5.95 Å². The molecule has 0 atom stereocenters. The molecule has 1 aromatic heterocycles. The smallest absolute Gasteiger partial charge is 0.329 e. The lowest BCUT2D eigenvalue weighted by atomic mass is 9.82. The Labute approximate surface area is 119 Å². The highest BCUT2D eigenvalue weighted by Crippen LogP contribution is 2.31. The molecule has 6 heteroatoms. The number of hydrogen-bond donors (Lipinski definition) is 2. The molecule has 1 fully saturated rings. The highest BCUT2D eigenvalue weighted by atomic mass is 16.4. The summed E-state index contributed by atoms with van der Waals surface area (Å²) >= 11 is 0. The standard InChI is InChI=1S/C14H22N4O2/c1-3-10-11(4-2)17-18-13(15-10)16-14(12(19)20)8-6-5-7-9-14/h3-9H2,1-2H3,(H,19,20)(H,15,16,18). The Morgan fingerprint density at radius 3 is 2.35 bits per heavy atom. The number of rotatable bonds is 5. The zero-order valence-electron chi connectivity index (χ0n) is 12.1. The number of hydrogen-bond acceptors (Lipinski definition) is 5. The average Bonchev–Trinajstić information content (AvgIpc) is 2.48. The number of nitrogens with zero attached hydrogens (tertiary/aromatic N) is 3. The third kappa shape index (κ3) is 2.89. The molecule has 1 aromatic rings. The van der Waals surface area contributed by atoms with Gasteiger partial charge in [-0.15, -0.1) is 5.10 Å². The van der Waals surface area contributed by atoms with Gasteiger partial charge in [0.25, 0.3) is 0 Å². The number of nitrogens with one attached hydrogen (secondary N) is 1. The third-order valence-electron chi connectivity index (χ3n) is 3.98. The zero-order valence-corrected chi connectivity index (χ0v) is 12.1. The van der Waals surface area contributed by atoms with Crippen LogP contribution in [0.3, 0.4) is 0 Å². The number of aromatic nitrogens is 3. The summed E-state index contributed by atoms with van der Waals surface area (Å²) < 4.78 is 0. The van der Waals surface area contributed by atoms with Crippen molar-refractivity contribution in [3.05, 3.63) is 11.4 Å². The molecule has 0 spiro atoms. The molecule has 110 valence electrons. The maximum absolute atomic E-state index is 11.6. The van der Waals surface area contributed by atoms with Crippen molar-refractivity contribution in [2.75, 3.05) is 5.32 Å². The summed E-state index contributed by atoms with van der Waals surface area (Å²) in [5, 5.41) is 20.8. The maximum atomic E-state index is 11.6. The third-order valence-corrected chi connectivity index (χ3v) is 3.98. The van der Waals surface area contributed by atoms with Crippen LogP contribution in [-0.4, -0.2) is 31.8 Å². The Kier molecular flexibility index (Phi) is 4.52. The summed E-state index contributed by atoms with van der Waals surface area (Å²) in [4.78, 5) is 16.1. The molecular weight excluding hydrogens is 256 g/mol. The largest absolute Gasteiger partial charge is 0.480 e. The molecule has 0 unspecified atom stereocenters. The summed E-state index contributed by atoms with van der Waals surface area (Å²) in [6.07, 6.45) is 5.71. The Hall–Kier alpha value is -1.72. The van der Waals surface area contributed by atoms with Crippen LogP contribution in [0.15, 0.2) is 0 Å². The second-order valence-electron chi connectivity index (χ2n) is 5.31. The summed E-state index contributed by atoms with van der Waals surface area (Å²) in [7, 11) is 0. The topological polar surface area (TPSA) is 88.0 Å². The van der Waals surface area contributed by atoms with E-state index in [2.05, 4.69) is 20.5 Å². The van der Waals surface area contributed by atoms with Crippen LogP contribution >= 0.6 is 0 Å². The molecule has 6 nitrogen and oxygen atoms in total. The van der Waals surface area contributed by atoms with Crippen molar-refractivity contribution in [1.82, 2.24) is 15.2 Å². The van der Waals surface area contributed by atoms with E-state index in [1.165, 1.54) is 0 Å². The molecule has 20 heavy (non-hydrogen) atoms. The number of aryl methyl sites for hydroxylation is 2. The van der Waals surface area contributed by atoms with Gasteiger partial charge in [0.05, 0.1) is 11.4 Å². The number of carboxylic acid groups (broad SMARTS) is 1. The van der Waals surface area contributed by atoms with Gasteiger partial charge in [-0.1, -0.05) is 33.1 Å². The normalized spacial score (nSPS) is 17.7. The number of aliphatic carboxylic acids is 1. The van der Waals surface area contributed by atoms with Crippen LogP contribution in [0.5, 0.6) is 0 Å². The number of carbonyl (C=O) groups is 1. The fourth-order valence-corrected chi connectivity index (χ4v) is 2.75. The molecule has 1 aliphatic carbocycles. The first-order valence-corrected chi connectivity index (χ1v) is 7.35. The molecule has 1 saturated carbocycles. The molecule has 0 saturated heterocycles. The van der Waals surface area contributed by atoms with E-state index in [0.29, 0.717) is 18.8 Å². The molecule has 2 rings (SSSR count). The van der Waals surface area contributed by atoms with Crippen molar-refractivity contribution in [1.29, 1.82) is 0 Å². The first-order valence-electron chi connectivity index (χ1n) is 7.35. The van der Waals surface area contributed by atoms with Gasteiger partial charge in [-0.25, -0.2) is 9.78 Å². The Morgan fingerprint density at radius 2 is 1.80 bits per heavy atom. The van der Waals surface area contributed by atoms with Crippen LogP contribution in [0.1, 0.15) is 57.3 Å². The van der Waals surface area contributed by atoms with E-state index in [0.717, 1.165) is 43.5 Å². The van der Waals surface area contributed by atoms with E-state index in [-0.39, 0.29) is 0 Å². The van der Waals surface area contributed by atoms with Gasteiger partial charge in [0, 0.05) is 0 Å². The lowest BCUT2D eigenvalue weighted by Gasteiger charge is -2.33. The molecule has 1 aliphatic rings. The summed E-state index contributed by atoms with van der Waals surface area (Å²) in [6.45, 7) is 4.03. The van der Waals surface area contributed by atoms with Crippen LogP contribution in [0, 0.1) is 0 Å². The van der Waals surface area contributed by atoms with Crippen molar-refractivity contribution in [2.24, 2.45) is 0 Å². The van der Waals surface area contributed by atoms with E-state index >= 15 is 0 Å². The van der Waals surface area contributed by atoms with Gasteiger partial charge in [0.1, 0.15) is 5.54 Å². The molecule has 0 radical (unpaired) electrons. The lowest BCUT2D eigenvalue weighted by Crippen LogP contribution is -2.48. The second kappa shape index (κ2) is 6.15. The van der Waals surface area contributed by atoms with Crippen LogP contribution < -0.4 is 5.32 Å². The maximum Gasteiger partial charge on any atom is 0.329 e. The first kappa shape index (κ1) is 14.7. The zero-order chi connectivity index (χ0) is 14.6. The Morgan fingerprint density at radius 1 is 1.15 bits per heavy atom. The van der Waals surface area contributed by atoms with Crippen LogP contribution in [0.2, 0.25) is 0 Å². The quantitative estimate of drug-likeness (QED) is 0.858. The van der Waals surface area contributed by atoms with Gasteiger partial charge < -0.3 is 10.4 Å². The average molecular weight is 278 g/mol. The number of carboxylic acids is 1. The number of anilines is 1. The van der Waals surface area contributed by atoms with Crippen molar-refractivity contribution < 1.29 is 9.90 Å². The second-order valence-corrected chi connectivity index (χ2v) is 5.31. The minimum atomic E-state index is -0.932. The van der Waals surface area contributed by atoms with E-state index in [1.807, 2.05) is 13.8 Å². The molecule has 0 aromatic carbocycles. The molecule has 0 bridgehead atoms. The minimum absolute atomic E-state index is 0.336. The summed E-state index contributed by atoms with van der Waals surface area (Å²) in [5.74, 6) is -0.484.